The lowest BCUT2D eigenvalue weighted by atomic mass is 10.1. The van der Waals surface area contributed by atoms with Gasteiger partial charge in [0.05, 0.1) is 23.4 Å². The van der Waals surface area contributed by atoms with Crippen molar-refractivity contribution in [3.05, 3.63) is 30.1 Å². The highest BCUT2D eigenvalue weighted by atomic mass is 32.2. The van der Waals surface area contributed by atoms with E-state index < -0.39 is 0 Å². The molecule has 2 N–H and O–H groups in total. The van der Waals surface area contributed by atoms with Crippen LogP contribution in [0.5, 0.6) is 0 Å². The molecule has 106 valence electrons. The summed E-state index contributed by atoms with van der Waals surface area (Å²) in [7, 11) is 1.99. The summed E-state index contributed by atoms with van der Waals surface area (Å²) in [6.07, 6.45) is 2.65. The zero-order chi connectivity index (χ0) is 13.9. The summed E-state index contributed by atoms with van der Waals surface area (Å²) in [5.41, 5.74) is 3.33. The highest BCUT2D eigenvalue weighted by Gasteiger charge is 2.21. The van der Waals surface area contributed by atoms with Crippen LogP contribution in [0.25, 0.3) is 11.0 Å². The number of thioether (sulfide) groups is 1. The Balaban J connectivity index is 1.55. The van der Waals surface area contributed by atoms with Gasteiger partial charge in [0.25, 0.3) is 0 Å². The molecule has 1 aromatic heterocycles. The van der Waals surface area contributed by atoms with Crippen molar-refractivity contribution in [1.29, 1.82) is 0 Å². The molecule has 0 radical (unpaired) electrons. The van der Waals surface area contributed by atoms with Crippen LogP contribution in [-0.4, -0.2) is 39.7 Å². The number of carbonyl (C=O) groups excluding carboxylic acids is 1. The molecule has 20 heavy (non-hydrogen) atoms. The molecule has 1 aliphatic heterocycles. The molecule has 3 rings (SSSR count). The van der Waals surface area contributed by atoms with E-state index in [0.717, 1.165) is 29.1 Å². The molecule has 0 saturated carbocycles. The van der Waals surface area contributed by atoms with Gasteiger partial charge in [-0.1, -0.05) is 6.07 Å². The molecule has 5 nitrogen and oxygen atoms in total. The van der Waals surface area contributed by atoms with E-state index in [1.807, 2.05) is 17.9 Å². The van der Waals surface area contributed by atoms with Gasteiger partial charge >= 0.3 is 0 Å². The summed E-state index contributed by atoms with van der Waals surface area (Å²) >= 11 is 1.76. The third kappa shape index (κ3) is 2.81. The lowest BCUT2D eigenvalue weighted by molar-refractivity contribution is -0.122. The van der Waals surface area contributed by atoms with Crippen LogP contribution in [0.4, 0.5) is 0 Å². The topological polar surface area (TPSA) is 59.0 Å². The van der Waals surface area contributed by atoms with Gasteiger partial charge in [0, 0.05) is 25.2 Å². The summed E-state index contributed by atoms with van der Waals surface area (Å²) in [6.45, 7) is 0.667. The third-order valence-electron chi connectivity index (χ3n) is 3.54. The lowest BCUT2D eigenvalue weighted by Crippen LogP contribution is -2.42. The Kier molecular flexibility index (Phi) is 3.93. The molecule has 1 fully saturated rings. The van der Waals surface area contributed by atoms with Crippen molar-refractivity contribution in [2.45, 2.75) is 12.5 Å². The number of rotatable bonds is 4. The van der Waals surface area contributed by atoms with Crippen LogP contribution >= 0.6 is 11.8 Å². The van der Waals surface area contributed by atoms with Crippen LogP contribution in [-0.2, 0) is 18.3 Å². The van der Waals surface area contributed by atoms with Gasteiger partial charge in [-0.05, 0) is 24.1 Å². The summed E-state index contributed by atoms with van der Waals surface area (Å²) < 4.78 is 2.00. The number of nitrogens with one attached hydrogen (secondary N) is 2. The molecule has 1 aliphatic rings. The highest BCUT2D eigenvalue weighted by Crippen LogP contribution is 2.14. The molecule has 0 bridgehead atoms. The molecule has 6 heteroatoms. The first-order chi connectivity index (χ1) is 9.74. The van der Waals surface area contributed by atoms with Gasteiger partial charge in [0.1, 0.15) is 0 Å². The van der Waals surface area contributed by atoms with Crippen molar-refractivity contribution in [2.24, 2.45) is 7.05 Å². The molecule has 1 aromatic carbocycles. The lowest BCUT2D eigenvalue weighted by Gasteiger charge is -2.10. The van der Waals surface area contributed by atoms with E-state index in [2.05, 4.69) is 33.8 Å². The molecule has 2 aromatic rings. The number of nitrogens with zero attached hydrogens (tertiary/aromatic N) is 2. The number of aromatic nitrogens is 2. The second-order valence-electron chi connectivity index (χ2n) is 4.99. The average molecular weight is 290 g/mol. The van der Waals surface area contributed by atoms with E-state index in [0.29, 0.717) is 6.54 Å². The van der Waals surface area contributed by atoms with Crippen LogP contribution in [0.3, 0.4) is 0 Å². The molecule has 1 atom stereocenters. The minimum Gasteiger partial charge on any atom is -0.354 e. The highest BCUT2D eigenvalue weighted by molar-refractivity contribution is 7.99. The molecule has 1 amide bonds. The number of aryl methyl sites for hydroxylation is 1. The smallest absolute Gasteiger partial charge is 0.238 e. The van der Waals surface area contributed by atoms with Gasteiger partial charge in [-0.25, -0.2) is 4.98 Å². The van der Waals surface area contributed by atoms with Crippen molar-refractivity contribution < 1.29 is 4.79 Å². The zero-order valence-corrected chi connectivity index (χ0v) is 12.2. The van der Waals surface area contributed by atoms with E-state index in [1.165, 1.54) is 5.56 Å². The summed E-state index contributed by atoms with van der Waals surface area (Å²) in [5, 5.41) is 6.16. The number of hydrogen-bond acceptors (Lipinski definition) is 4. The van der Waals surface area contributed by atoms with Crippen LogP contribution in [0.1, 0.15) is 5.56 Å². The zero-order valence-electron chi connectivity index (χ0n) is 11.4. The molecular formula is C14H18N4OS. The second-order valence-corrected chi connectivity index (χ2v) is 6.02. The molecule has 2 heterocycles. The molecule has 0 spiro atoms. The number of fused-ring (bicyclic) bond motifs is 1. The van der Waals surface area contributed by atoms with E-state index in [-0.39, 0.29) is 11.9 Å². The van der Waals surface area contributed by atoms with Gasteiger partial charge in [0.2, 0.25) is 5.91 Å². The molecule has 0 aliphatic carbocycles. The van der Waals surface area contributed by atoms with Gasteiger partial charge < -0.3 is 9.88 Å². The number of hydrogen-bond donors (Lipinski definition) is 2. The van der Waals surface area contributed by atoms with Crippen LogP contribution in [0.15, 0.2) is 24.5 Å². The Morgan fingerprint density at radius 3 is 3.30 bits per heavy atom. The van der Waals surface area contributed by atoms with Crippen molar-refractivity contribution in [1.82, 2.24) is 20.2 Å². The fourth-order valence-corrected chi connectivity index (χ4v) is 3.30. The van der Waals surface area contributed by atoms with Crippen molar-refractivity contribution in [3.8, 4) is 0 Å². The van der Waals surface area contributed by atoms with Crippen molar-refractivity contribution in [3.63, 3.8) is 0 Å². The van der Waals surface area contributed by atoms with E-state index in [9.17, 15) is 4.79 Å². The van der Waals surface area contributed by atoms with Crippen molar-refractivity contribution >= 4 is 28.7 Å². The largest absolute Gasteiger partial charge is 0.354 e. The third-order valence-corrected chi connectivity index (χ3v) is 4.48. The molecule has 1 saturated heterocycles. The van der Waals surface area contributed by atoms with Crippen LogP contribution in [0, 0.1) is 0 Å². The predicted molar refractivity (Wildman–Crippen MR) is 81.7 cm³/mol. The number of benzene rings is 1. The first kappa shape index (κ1) is 13.5. The van der Waals surface area contributed by atoms with Gasteiger partial charge in [-0.3, -0.25) is 10.1 Å². The normalized spacial score (nSPS) is 18.6. The first-order valence-electron chi connectivity index (χ1n) is 6.73. The van der Waals surface area contributed by atoms with Crippen LogP contribution in [0.2, 0.25) is 0 Å². The fourth-order valence-electron chi connectivity index (χ4n) is 2.35. The Hall–Kier alpha value is -1.53. The Morgan fingerprint density at radius 1 is 1.60 bits per heavy atom. The molecule has 1 unspecified atom stereocenters. The minimum absolute atomic E-state index is 0.0294. The van der Waals surface area contributed by atoms with Crippen LogP contribution < -0.4 is 10.6 Å². The maximum absolute atomic E-state index is 11.8. The number of carbonyl (C=O) groups is 1. The monoisotopic (exact) mass is 290 g/mol. The number of imidazole rings is 1. The summed E-state index contributed by atoms with van der Waals surface area (Å²) in [4.78, 5) is 16.2. The minimum atomic E-state index is -0.0294. The SMILES string of the molecule is Cn1cnc2cc(CCNC(=O)C3CSCN3)ccc21. The Labute approximate surface area is 122 Å². The average Bonchev–Trinajstić information content (AvgIpc) is 3.09. The summed E-state index contributed by atoms with van der Waals surface area (Å²) in [6, 6.07) is 6.23. The van der Waals surface area contributed by atoms with Crippen molar-refractivity contribution in [2.75, 3.05) is 18.2 Å². The van der Waals surface area contributed by atoms with Gasteiger partial charge in [0.15, 0.2) is 0 Å². The van der Waals surface area contributed by atoms with Gasteiger partial charge in [-0.2, -0.15) is 0 Å². The maximum atomic E-state index is 11.8. The fraction of sp³-hybridized carbons (Fsp3) is 0.429. The summed E-state index contributed by atoms with van der Waals surface area (Å²) in [5.74, 6) is 1.84. The predicted octanol–water partition coefficient (Wildman–Crippen LogP) is 0.894. The Morgan fingerprint density at radius 2 is 2.50 bits per heavy atom. The maximum Gasteiger partial charge on any atom is 0.238 e. The number of amides is 1. The van der Waals surface area contributed by atoms with Gasteiger partial charge in [-0.15, -0.1) is 11.8 Å². The van der Waals surface area contributed by atoms with E-state index >= 15 is 0 Å². The quantitative estimate of drug-likeness (QED) is 0.878. The first-order valence-corrected chi connectivity index (χ1v) is 7.88. The second kappa shape index (κ2) is 5.85. The van der Waals surface area contributed by atoms with E-state index in [1.54, 1.807) is 11.8 Å². The standard InChI is InChI=1S/C14H18N4OS/c1-18-8-16-11-6-10(2-3-13(11)18)4-5-15-14(19)12-7-20-9-17-12/h2-3,6,8,12,17H,4-5,7,9H2,1H3,(H,15,19). The molecular weight excluding hydrogens is 272 g/mol. The van der Waals surface area contributed by atoms with E-state index in [4.69, 9.17) is 0 Å². The Bertz CT molecular complexity index is 619.